The largest absolute Gasteiger partial charge is 0.399 e. The molecule has 0 aliphatic rings. The molecule has 3 aromatic rings. The monoisotopic (exact) mass is 292 g/mol. The van der Waals surface area contributed by atoms with E-state index < -0.39 is 0 Å². The quantitative estimate of drug-likeness (QED) is 0.739. The fourth-order valence-electron chi connectivity index (χ4n) is 2.41. The Morgan fingerprint density at radius 3 is 2.59 bits per heavy atom. The lowest BCUT2D eigenvalue weighted by molar-refractivity contribution is 0.734. The van der Waals surface area contributed by atoms with Crippen molar-refractivity contribution in [2.24, 2.45) is 0 Å². The lowest BCUT2D eigenvalue weighted by atomic mass is 9.97. The Morgan fingerprint density at radius 2 is 1.91 bits per heavy atom. The average Bonchev–Trinajstić information content (AvgIpc) is 3.04. The van der Waals surface area contributed by atoms with Crippen LogP contribution in [-0.2, 0) is 0 Å². The SMILES string of the molecule is CCC(C)c1ccc(-c2cn(-c3cccc(N)c3)nn2)cc1. The van der Waals surface area contributed by atoms with E-state index in [9.17, 15) is 0 Å². The average molecular weight is 292 g/mol. The van der Waals surface area contributed by atoms with E-state index in [1.165, 1.54) is 5.56 Å². The van der Waals surface area contributed by atoms with Crippen LogP contribution in [-0.4, -0.2) is 15.0 Å². The van der Waals surface area contributed by atoms with Gasteiger partial charge in [0, 0.05) is 11.3 Å². The molecule has 0 aliphatic carbocycles. The van der Waals surface area contributed by atoms with Crippen LogP contribution in [0.5, 0.6) is 0 Å². The molecular weight excluding hydrogens is 272 g/mol. The summed E-state index contributed by atoms with van der Waals surface area (Å²) in [4.78, 5) is 0. The van der Waals surface area contributed by atoms with Gasteiger partial charge in [-0.25, -0.2) is 4.68 Å². The molecule has 0 fully saturated rings. The van der Waals surface area contributed by atoms with Crippen molar-refractivity contribution < 1.29 is 0 Å². The molecule has 2 aromatic carbocycles. The number of nitrogens with zero attached hydrogens (tertiary/aromatic N) is 3. The first-order valence-electron chi connectivity index (χ1n) is 7.56. The summed E-state index contributed by atoms with van der Waals surface area (Å²) in [6.07, 6.45) is 3.07. The minimum atomic E-state index is 0.581. The van der Waals surface area contributed by atoms with Crippen molar-refractivity contribution in [2.45, 2.75) is 26.2 Å². The molecule has 0 saturated carbocycles. The summed E-state index contributed by atoms with van der Waals surface area (Å²) in [7, 11) is 0. The molecule has 3 rings (SSSR count). The molecule has 22 heavy (non-hydrogen) atoms. The van der Waals surface area contributed by atoms with Gasteiger partial charge in [-0.1, -0.05) is 49.4 Å². The van der Waals surface area contributed by atoms with Gasteiger partial charge < -0.3 is 5.73 Å². The molecule has 0 radical (unpaired) electrons. The van der Waals surface area contributed by atoms with Crippen LogP contribution in [0.4, 0.5) is 5.69 Å². The van der Waals surface area contributed by atoms with Crippen molar-refractivity contribution >= 4 is 5.69 Å². The van der Waals surface area contributed by atoms with Crippen molar-refractivity contribution in [3.63, 3.8) is 0 Å². The normalized spacial score (nSPS) is 12.3. The third-order valence-corrected chi connectivity index (χ3v) is 4.02. The van der Waals surface area contributed by atoms with Crippen molar-refractivity contribution in [1.29, 1.82) is 0 Å². The van der Waals surface area contributed by atoms with E-state index >= 15 is 0 Å². The predicted molar refractivity (Wildman–Crippen MR) is 89.9 cm³/mol. The Labute approximate surface area is 130 Å². The van der Waals surface area contributed by atoms with Gasteiger partial charge in [0.2, 0.25) is 0 Å². The van der Waals surface area contributed by atoms with E-state index in [4.69, 9.17) is 5.73 Å². The number of aromatic nitrogens is 3. The summed E-state index contributed by atoms with van der Waals surface area (Å²) in [5.41, 5.74) is 10.7. The standard InChI is InChI=1S/C18H20N4/c1-3-13(2)14-7-9-15(10-8-14)18-12-22(21-20-18)17-6-4-5-16(19)11-17/h4-13H,3,19H2,1-2H3. The molecule has 4 nitrogen and oxygen atoms in total. The number of hydrogen-bond acceptors (Lipinski definition) is 3. The van der Waals surface area contributed by atoms with Gasteiger partial charge in [0.05, 0.1) is 11.9 Å². The van der Waals surface area contributed by atoms with E-state index in [1.54, 1.807) is 4.68 Å². The molecule has 2 N–H and O–H groups in total. The number of rotatable bonds is 4. The van der Waals surface area contributed by atoms with E-state index in [-0.39, 0.29) is 0 Å². The van der Waals surface area contributed by atoms with E-state index in [0.717, 1.165) is 23.4 Å². The molecule has 0 spiro atoms. The summed E-state index contributed by atoms with van der Waals surface area (Å²) < 4.78 is 1.74. The maximum absolute atomic E-state index is 5.81. The van der Waals surface area contributed by atoms with Gasteiger partial charge in [-0.05, 0) is 36.1 Å². The second-order valence-electron chi connectivity index (χ2n) is 5.57. The smallest absolute Gasteiger partial charge is 0.113 e. The molecule has 0 bridgehead atoms. The first-order valence-corrected chi connectivity index (χ1v) is 7.56. The van der Waals surface area contributed by atoms with Gasteiger partial charge in [-0.2, -0.15) is 0 Å². The Kier molecular flexibility index (Phi) is 3.92. The maximum Gasteiger partial charge on any atom is 0.113 e. The summed E-state index contributed by atoms with van der Waals surface area (Å²) >= 11 is 0. The highest BCUT2D eigenvalue weighted by molar-refractivity contribution is 5.59. The highest BCUT2D eigenvalue weighted by atomic mass is 15.4. The molecule has 1 aromatic heterocycles. The summed E-state index contributed by atoms with van der Waals surface area (Å²) in [6.45, 7) is 4.45. The first kappa shape index (κ1) is 14.3. The highest BCUT2D eigenvalue weighted by Crippen LogP contribution is 2.23. The zero-order valence-corrected chi connectivity index (χ0v) is 12.9. The third kappa shape index (κ3) is 2.86. The molecule has 4 heteroatoms. The van der Waals surface area contributed by atoms with Crippen LogP contribution in [0.25, 0.3) is 16.9 Å². The van der Waals surface area contributed by atoms with Crippen LogP contribution < -0.4 is 5.73 Å². The minimum absolute atomic E-state index is 0.581. The van der Waals surface area contributed by atoms with Gasteiger partial charge in [0.15, 0.2) is 0 Å². The molecule has 1 unspecified atom stereocenters. The Morgan fingerprint density at radius 1 is 1.14 bits per heavy atom. The zero-order chi connectivity index (χ0) is 15.5. The van der Waals surface area contributed by atoms with Gasteiger partial charge in [-0.3, -0.25) is 0 Å². The zero-order valence-electron chi connectivity index (χ0n) is 12.9. The fourth-order valence-corrected chi connectivity index (χ4v) is 2.41. The number of hydrogen-bond donors (Lipinski definition) is 1. The Hall–Kier alpha value is -2.62. The van der Waals surface area contributed by atoms with Crippen molar-refractivity contribution in [3.8, 4) is 16.9 Å². The molecule has 0 saturated heterocycles. The number of benzene rings is 2. The van der Waals surface area contributed by atoms with Crippen molar-refractivity contribution in [1.82, 2.24) is 15.0 Å². The van der Waals surface area contributed by atoms with Gasteiger partial charge >= 0.3 is 0 Å². The van der Waals surface area contributed by atoms with Gasteiger partial charge in [0.25, 0.3) is 0 Å². The second-order valence-corrected chi connectivity index (χ2v) is 5.57. The van der Waals surface area contributed by atoms with E-state index in [2.05, 4.69) is 48.4 Å². The lowest BCUT2D eigenvalue weighted by Crippen LogP contribution is -1.95. The Balaban J connectivity index is 1.87. The van der Waals surface area contributed by atoms with Crippen LogP contribution in [0.2, 0.25) is 0 Å². The van der Waals surface area contributed by atoms with Crippen LogP contribution in [0, 0.1) is 0 Å². The molecule has 112 valence electrons. The molecule has 1 heterocycles. The molecule has 0 amide bonds. The topological polar surface area (TPSA) is 56.7 Å². The maximum atomic E-state index is 5.81. The number of nitrogen functional groups attached to an aromatic ring is 1. The van der Waals surface area contributed by atoms with Crippen LogP contribution in [0.15, 0.2) is 54.7 Å². The van der Waals surface area contributed by atoms with Crippen LogP contribution >= 0.6 is 0 Å². The molecule has 1 atom stereocenters. The second kappa shape index (κ2) is 6.02. The van der Waals surface area contributed by atoms with Crippen LogP contribution in [0.3, 0.4) is 0 Å². The van der Waals surface area contributed by atoms with Gasteiger partial charge in [-0.15, -0.1) is 5.10 Å². The first-order chi connectivity index (χ1) is 10.7. The summed E-state index contributed by atoms with van der Waals surface area (Å²) in [5, 5.41) is 8.45. The van der Waals surface area contributed by atoms with Crippen LogP contribution in [0.1, 0.15) is 31.7 Å². The summed E-state index contributed by atoms with van der Waals surface area (Å²) in [5.74, 6) is 0.581. The predicted octanol–water partition coefficient (Wildman–Crippen LogP) is 4.03. The van der Waals surface area contributed by atoms with Gasteiger partial charge in [0.1, 0.15) is 5.69 Å². The molecule has 0 aliphatic heterocycles. The Bertz CT molecular complexity index is 759. The fraction of sp³-hybridized carbons (Fsp3) is 0.222. The minimum Gasteiger partial charge on any atom is -0.399 e. The van der Waals surface area contributed by atoms with E-state index in [1.807, 2.05) is 30.5 Å². The highest BCUT2D eigenvalue weighted by Gasteiger charge is 2.07. The number of anilines is 1. The lowest BCUT2D eigenvalue weighted by Gasteiger charge is -2.08. The van der Waals surface area contributed by atoms with Crippen molar-refractivity contribution in [2.75, 3.05) is 5.73 Å². The number of nitrogens with two attached hydrogens (primary N) is 1. The third-order valence-electron chi connectivity index (χ3n) is 4.02. The van der Waals surface area contributed by atoms with Crippen molar-refractivity contribution in [3.05, 3.63) is 60.3 Å². The summed E-state index contributed by atoms with van der Waals surface area (Å²) in [6, 6.07) is 16.2. The molecular formula is C18H20N4. The van der Waals surface area contributed by atoms with E-state index in [0.29, 0.717) is 11.6 Å².